The van der Waals surface area contributed by atoms with Gasteiger partial charge >= 0.3 is 12.0 Å². The third-order valence-electron chi connectivity index (χ3n) is 3.53. The number of nitrogens with one attached hydrogen (secondary N) is 3. The van der Waals surface area contributed by atoms with Crippen molar-refractivity contribution in [3.63, 3.8) is 0 Å². The van der Waals surface area contributed by atoms with Crippen LogP contribution < -0.4 is 16.0 Å². The number of carbonyl (C=O) groups excluding carboxylic acids is 2. The van der Waals surface area contributed by atoms with Gasteiger partial charge in [-0.2, -0.15) is 0 Å². The van der Waals surface area contributed by atoms with E-state index in [0.717, 1.165) is 12.8 Å². The fourth-order valence-corrected chi connectivity index (χ4v) is 2.45. The van der Waals surface area contributed by atoms with Gasteiger partial charge in [0, 0.05) is 12.1 Å². The van der Waals surface area contributed by atoms with Crippen molar-refractivity contribution in [2.45, 2.75) is 52.0 Å². The van der Waals surface area contributed by atoms with Crippen LogP contribution in [-0.2, 0) is 9.59 Å². The summed E-state index contributed by atoms with van der Waals surface area (Å²) >= 11 is 0. The second-order valence-corrected chi connectivity index (χ2v) is 6.63. The van der Waals surface area contributed by atoms with Gasteiger partial charge in [0.05, 0.1) is 12.0 Å². The molecule has 120 valence electrons. The van der Waals surface area contributed by atoms with Crippen molar-refractivity contribution in [3.05, 3.63) is 0 Å². The predicted molar refractivity (Wildman–Crippen MR) is 77.8 cm³/mol. The van der Waals surface area contributed by atoms with Crippen LogP contribution in [0.3, 0.4) is 0 Å². The minimum Gasteiger partial charge on any atom is -0.481 e. The van der Waals surface area contributed by atoms with Gasteiger partial charge in [-0.3, -0.25) is 9.59 Å². The zero-order valence-corrected chi connectivity index (χ0v) is 12.9. The SMILES string of the molecule is CC(C)(C)NC(=O)CNC(=O)NCC1(C(=O)O)CCCC1. The van der Waals surface area contributed by atoms with Gasteiger partial charge in [0.15, 0.2) is 0 Å². The Kier molecular flexibility index (Phi) is 5.57. The summed E-state index contributed by atoms with van der Waals surface area (Å²) in [5.74, 6) is -1.16. The average molecular weight is 299 g/mol. The summed E-state index contributed by atoms with van der Waals surface area (Å²) < 4.78 is 0. The molecule has 0 aliphatic heterocycles. The Labute approximate surface area is 124 Å². The lowest BCUT2D eigenvalue weighted by atomic mass is 9.86. The van der Waals surface area contributed by atoms with E-state index in [4.69, 9.17) is 0 Å². The Hall–Kier alpha value is -1.79. The molecule has 0 atom stereocenters. The highest BCUT2D eigenvalue weighted by molar-refractivity contribution is 5.84. The average Bonchev–Trinajstić information content (AvgIpc) is 2.82. The number of amides is 3. The van der Waals surface area contributed by atoms with Gasteiger partial charge in [0.25, 0.3) is 0 Å². The quantitative estimate of drug-likeness (QED) is 0.603. The van der Waals surface area contributed by atoms with E-state index in [9.17, 15) is 19.5 Å². The van der Waals surface area contributed by atoms with Crippen molar-refractivity contribution in [1.29, 1.82) is 0 Å². The first-order chi connectivity index (χ1) is 9.65. The normalized spacial score (nSPS) is 17.1. The van der Waals surface area contributed by atoms with Gasteiger partial charge in [-0.1, -0.05) is 12.8 Å². The molecule has 0 saturated heterocycles. The zero-order chi connectivity index (χ0) is 16.1. The molecule has 1 aliphatic carbocycles. The Morgan fingerprint density at radius 1 is 1.10 bits per heavy atom. The Bertz CT molecular complexity index is 409. The summed E-state index contributed by atoms with van der Waals surface area (Å²) in [6.07, 6.45) is 2.88. The third-order valence-corrected chi connectivity index (χ3v) is 3.53. The molecule has 0 aromatic carbocycles. The van der Waals surface area contributed by atoms with E-state index in [-0.39, 0.29) is 24.5 Å². The van der Waals surface area contributed by atoms with E-state index < -0.39 is 17.4 Å². The highest BCUT2D eigenvalue weighted by atomic mass is 16.4. The number of hydrogen-bond acceptors (Lipinski definition) is 3. The fraction of sp³-hybridized carbons (Fsp3) is 0.786. The van der Waals surface area contributed by atoms with Crippen LogP contribution in [0.15, 0.2) is 0 Å². The number of rotatable bonds is 5. The molecule has 0 spiro atoms. The monoisotopic (exact) mass is 299 g/mol. The van der Waals surface area contributed by atoms with E-state index in [1.807, 2.05) is 20.8 Å². The van der Waals surface area contributed by atoms with E-state index in [0.29, 0.717) is 12.8 Å². The first-order valence-corrected chi connectivity index (χ1v) is 7.21. The van der Waals surface area contributed by atoms with Crippen molar-refractivity contribution in [1.82, 2.24) is 16.0 Å². The number of urea groups is 1. The molecule has 1 saturated carbocycles. The molecule has 0 aromatic rings. The molecule has 7 nitrogen and oxygen atoms in total. The summed E-state index contributed by atoms with van der Waals surface area (Å²) in [5, 5.41) is 17.0. The second-order valence-electron chi connectivity index (χ2n) is 6.63. The van der Waals surface area contributed by atoms with Crippen molar-refractivity contribution < 1.29 is 19.5 Å². The molecule has 0 unspecified atom stereocenters. The Morgan fingerprint density at radius 2 is 1.67 bits per heavy atom. The molecular weight excluding hydrogens is 274 g/mol. The first kappa shape index (κ1) is 17.3. The minimum atomic E-state index is -0.870. The highest BCUT2D eigenvalue weighted by Crippen LogP contribution is 2.37. The first-order valence-electron chi connectivity index (χ1n) is 7.21. The smallest absolute Gasteiger partial charge is 0.315 e. The van der Waals surface area contributed by atoms with Crippen molar-refractivity contribution in [2.24, 2.45) is 5.41 Å². The van der Waals surface area contributed by atoms with Gasteiger partial charge in [0.1, 0.15) is 0 Å². The Morgan fingerprint density at radius 3 is 2.14 bits per heavy atom. The summed E-state index contributed by atoms with van der Waals surface area (Å²) in [4.78, 5) is 34.5. The molecule has 1 rings (SSSR count). The summed E-state index contributed by atoms with van der Waals surface area (Å²) in [6, 6.07) is -0.522. The molecule has 1 aliphatic rings. The fourth-order valence-electron chi connectivity index (χ4n) is 2.45. The van der Waals surface area contributed by atoms with Crippen LogP contribution in [0.1, 0.15) is 46.5 Å². The van der Waals surface area contributed by atoms with E-state index in [1.165, 1.54) is 0 Å². The van der Waals surface area contributed by atoms with Crippen LogP contribution in [-0.4, -0.2) is 41.6 Å². The maximum atomic E-state index is 11.6. The number of aliphatic carboxylic acids is 1. The molecule has 4 N–H and O–H groups in total. The van der Waals surface area contributed by atoms with Crippen LogP contribution in [0.5, 0.6) is 0 Å². The maximum Gasteiger partial charge on any atom is 0.315 e. The molecule has 7 heteroatoms. The minimum absolute atomic E-state index is 0.0923. The molecule has 21 heavy (non-hydrogen) atoms. The van der Waals surface area contributed by atoms with Crippen LogP contribution in [0.4, 0.5) is 4.79 Å². The standard InChI is InChI=1S/C14H25N3O4/c1-13(2,3)17-10(18)8-15-12(21)16-9-14(11(19)20)6-4-5-7-14/h4-9H2,1-3H3,(H,17,18)(H,19,20)(H2,15,16,21). The van der Waals surface area contributed by atoms with Crippen molar-refractivity contribution in [2.75, 3.05) is 13.1 Å². The van der Waals surface area contributed by atoms with Gasteiger partial charge in [0.2, 0.25) is 5.91 Å². The third kappa shape index (κ3) is 5.61. The van der Waals surface area contributed by atoms with Gasteiger partial charge in [-0.25, -0.2) is 4.79 Å². The van der Waals surface area contributed by atoms with Gasteiger partial charge in [-0.05, 0) is 33.6 Å². The molecule has 0 aromatic heterocycles. The highest BCUT2D eigenvalue weighted by Gasteiger charge is 2.41. The largest absolute Gasteiger partial charge is 0.481 e. The summed E-state index contributed by atoms with van der Waals surface area (Å²) in [6.45, 7) is 5.50. The molecule has 1 fully saturated rings. The Balaban J connectivity index is 2.34. The summed E-state index contributed by atoms with van der Waals surface area (Å²) in [7, 11) is 0. The van der Waals surface area contributed by atoms with E-state index in [1.54, 1.807) is 0 Å². The van der Waals surface area contributed by atoms with Crippen LogP contribution >= 0.6 is 0 Å². The topological polar surface area (TPSA) is 108 Å². The summed E-state index contributed by atoms with van der Waals surface area (Å²) in [5.41, 5.74) is -1.21. The van der Waals surface area contributed by atoms with Crippen LogP contribution in [0.25, 0.3) is 0 Å². The molecule has 0 bridgehead atoms. The second kappa shape index (κ2) is 6.78. The maximum absolute atomic E-state index is 11.6. The number of carboxylic acids is 1. The molecule has 0 radical (unpaired) electrons. The molecular formula is C14H25N3O4. The lowest BCUT2D eigenvalue weighted by molar-refractivity contribution is -0.148. The van der Waals surface area contributed by atoms with Crippen molar-refractivity contribution >= 4 is 17.9 Å². The van der Waals surface area contributed by atoms with E-state index >= 15 is 0 Å². The lowest BCUT2D eigenvalue weighted by Gasteiger charge is -2.24. The number of carboxylic acid groups (broad SMARTS) is 1. The van der Waals surface area contributed by atoms with Crippen LogP contribution in [0, 0.1) is 5.41 Å². The number of carbonyl (C=O) groups is 3. The van der Waals surface area contributed by atoms with Gasteiger partial charge < -0.3 is 21.1 Å². The van der Waals surface area contributed by atoms with Gasteiger partial charge in [-0.15, -0.1) is 0 Å². The molecule has 3 amide bonds. The zero-order valence-electron chi connectivity index (χ0n) is 12.9. The van der Waals surface area contributed by atoms with Crippen molar-refractivity contribution in [3.8, 4) is 0 Å². The number of hydrogen-bond donors (Lipinski definition) is 4. The lowest BCUT2D eigenvalue weighted by Crippen LogP contribution is -2.49. The van der Waals surface area contributed by atoms with E-state index in [2.05, 4.69) is 16.0 Å². The van der Waals surface area contributed by atoms with Crippen LogP contribution in [0.2, 0.25) is 0 Å². The molecule has 0 heterocycles. The predicted octanol–water partition coefficient (Wildman–Crippen LogP) is 0.845.